The molecule has 0 spiro atoms. The molecule has 0 aliphatic rings. The molecule has 0 saturated heterocycles. The minimum absolute atomic E-state index is 0.206. The summed E-state index contributed by atoms with van der Waals surface area (Å²) in [4.78, 5) is 24.0. The highest BCUT2D eigenvalue weighted by atomic mass is 16.5. The summed E-state index contributed by atoms with van der Waals surface area (Å²) in [5, 5.41) is 7.58. The molecule has 4 aromatic rings. The van der Waals surface area contributed by atoms with Crippen molar-refractivity contribution in [3.05, 3.63) is 83.9 Å². The number of primary amides is 1. The fraction of sp³-hybridized carbons (Fsp3) is 0.0417. The second-order valence-electron chi connectivity index (χ2n) is 6.97. The SMILES string of the molecule is CNc1c(C(N)=O)c(-c2ccc(Oc3ccccc3)cc2)nn1-c1ccc(N)cc1C=O. The Balaban J connectivity index is 1.79. The summed E-state index contributed by atoms with van der Waals surface area (Å²) in [6, 6.07) is 21.4. The van der Waals surface area contributed by atoms with E-state index in [-0.39, 0.29) is 5.56 Å². The number of nitrogen functional groups attached to an aromatic ring is 1. The number of anilines is 2. The lowest BCUT2D eigenvalue weighted by atomic mass is 10.1. The monoisotopic (exact) mass is 427 g/mol. The van der Waals surface area contributed by atoms with E-state index in [1.54, 1.807) is 49.5 Å². The van der Waals surface area contributed by atoms with Gasteiger partial charge in [-0.1, -0.05) is 18.2 Å². The van der Waals surface area contributed by atoms with Gasteiger partial charge in [-0.15, -0.1) is 0 Å². The van der Waals surface area contributed by atoms with E-state index < -0.39 is 5.91 Å². The van der Waals surface area contributed by atoms with Crippen LogP contribution in [0.1, 0.15) is 20.7 Å². The minimum Gasteiger partial charge on any atom is -0.457 e. The summed E-state index contributed by atoms with van der Waals surface area (Å²) in [7, 11) is 1.65. The normalized spacial score (nSPS) is 10.5. The summed E-state index contributed by atoms with van der Waals surface area (Å²) < 4.78 is 7.31. The van der Waals surface area contributed by atoms with Crippen molar-refractivity contribution in [1.29, 1.82) is 0 Å². The first-order valence-electron chi connectivity index (χ1n) is 9.81. The van der Waals surface area contributed by atoms with Crippen LogP contribution in [0.3, 0.4) is 0 Å². The molecule has 1 aromatic heterocycles. The van der Waals surface area contributed by atoms with Gasteiger partial charge in [-0.3, -0.25) is 9.59 Å². The van der Waals surface area contributed by atoms with Crippen LogP contribution in [-0.2, 0) is 0 Å². The molecule has 5 N–H and O–H groups in total. The van der Waals surface area contributed by atoms with Crippen LogP contribution in [0.25, 0.3) is 16.9 Å². The lowest BCUT2D eigenvalue weighted by Crippen LogP contribution is -2.14. The van der Waals surface area contributed by atoms with Gasteiger partial charge in [-0.05, 0) is 54.6 Å². The standard InChI is InChI=1S/C24H21N5O3/c1-27-24-21(23(26)31)22(28-29(24)20-12-9-17(25)13-16(20)14-30)15-7-10-19(11-8-15)32-18-5-3-2-4-6-18/h2-14,27H,25H2,1H3,(H2,26,31). The van der Waals surface area contributed by atoms with Crippen molar-refractivity contribution in [1.82, 2.24) is 9.78 Å². The number of nitrogens with one attached hydrogen (secondary N) is 1. The van der Waals surface area contributed by atoms with Gasteiger partial charge in [0.1, 0.15) is 28.6 Å². The van der Waals surface area contributed by atoms with Crippen LogP contribution < -0.4 is 21.5 Å². The second kappa shape index (κ2) is 8.65. The number of benzene rings is 3. The van der Waals surface area contributed by atoms with E-state index in [2.05, 4.69) is 10.4 Å². The Morgan fingerprint density at radius 3 is 2.34 bits per heavy atom. The van der Waals surface area contributed by atoms with Gasteiger partial charge in [-0.25, -0.2) is 4.68 Å². The summed E-state index contributed by atoms with van der Waals surface area (Å²) in [6.45, 7) is 0. The minimum atomic E-state index is -0.650. The number of hydrogen-bond acceptors (Lipinski definition) is 6. The highest BCUT2D eigenvalue weighted by Gasteiger charge is 2.24. The Labute approximate surface area is 184 Å². The molecule has 32 heavy (non-hydrogen) atoms. The number of aldehydes is 1. The summed E-state index contributed by atoms with van der Waals surface area (Å²) in [5.74, 6) is 1.06. The molecule has 0 radical (unpaired) electrons. The van der Waals surface area contributed by atoms with Gasteiger partial charge in [0.15, 0.2) is 6.29 Å². The lowest BCUT2D eigenvalue weighted by Gasteiger charge is -2.10. The topological polar surface area (TPSA) is 125 Å². The second-order valence-corrected chi connectivity index (χ2v) is 6.97. The Morgan fingerprint density at radius 1 is 1.03 bits per heavy atom. The number of amides is 1. The van der Waals surface area contributed by atoms with E-state index >= 15 is 0 Å². The molecule has 0 atom stereocenters. The largest absolute Gasteiger partial charge is 0.457 e. The van der Waals surface area contributed by atoms with E-state index in [1.165, 1.54) is 4.68 Å². The number of nitrogens with zero attached hydrogens (tertiary/aromatic N) is 2. The Hall–Kier alpha value is -4.59. The highest BCUT2D eigenvalue weighted by Crippen LogP contribution is 2.33. The van der Waals surface area contributed by atoms with Crippen molar-refractivity contribution < 1.29 is 14.3 Å². The predicted octanol–water partition coefficient (Wildman–Crippen LogP) is 3.87. The average molecular weight is 427 g/mol. The Bertz CT molecular complexity index is 1280. The number of carbonyl (C=O) groups is 2. The molecule has 0 saturated carbocycles. The molecular formula is C24H21N5O3. The van der Waals surface area contributed by atoms with Gasteiger partial charge in [0, 0.05) is 23.9 Å². The molecule has 0 aliphatic carbocycles. The number of para-hydroxylation sites is 1. The van der Waals surface area contributed by atoms with Gasteiger partial charge in [0.2, 0.25) is 0 Å². The van der Waals surface area contributed by atoms with Crippen LogP contribution in [0.5, 0.6) is 11.5 Å². The quantitative estimate of drug-likeness (QED) is 0.304. The maximum Gasteiger partial charge on any atom is 0.254 e. The van der Waals surface area contributed by atoms with E-state index in [1.807, 2.05) is 30.3 Å². The molecule has 1 heterocycles. The van der Waals surface area contributed by atoms with Crippen molar-refractivity contribution >= 4 is 23.7 Å². The zero-order valence-corrected chi connectivity index (χ0v) is 17.3. The van der Waals surface area contributed by atoms with E-state index in [4.69, 9.17) is 16.2 Å². The zero-order valence-electron chi connectivity index (χ0n) is 17.3. The molecule has 160 valence electrons. The lowest BCUT2D eigenvalue weighted by molar-refractivity contribution is 0.100. The number of nitrogens with two attached hydrogens (primary N) is 2. The van der Waals surface area contributed by atoms with Gasteiger partial charge >= 0.3 is 0 Å². The summed E-state index contributed by atoms with van der Waals surface area (Å²) in [5.41, 5.74) is 14.0. The Kier molecular flexibility index (Phi) is 5.59. The van der Waals surface area contributed by atoms with Crippen molar-refractivity contribution in [2.24, 2.45) is 5.73 Å². The van der Waals surface area contributed by atoms with Crippen LogP contribution in [0, 0.1) is 0 Å². The first-order valence-corrected chi connectivity index (χ1v) is 9.81. The number of carbonyl (C=O) groups excluding carboxylic acids is 2. The molecule has 4 rings (SSSR count). The predicted molar refractivity (Wildman–Crippen MR) is 123 cm³/mol. The molecule has 0 unspecified atom stereocenters. The van der Waals surface area contributed by atoms with E-state index in [9.17, 15) is 9.59 Å². The van der Waals surface area contributed by atoms with Gasteiger partial charge in [-0.2, -0.15) is 5.10 Å². The summed E-state index contributed by atoms with van der Waals surface area (Å²) >= 11 is 0. The van der Waals surface area contributed by atoms with E-state index in [0.29, 0.717) is 51.8 Å². The highest BCUT2D eigenvalue weighted by molar-refractivity contribution is 6.04. The van der Waals surface area contributed by atoms with Crippen LogP contribution >= 0.6 is 0 Å². The van der Waals surface area contributed by atoms with Crippen LogP contribution in [0.2, 0.25) is 0 Å². The number of hydrogen-bond donors (Lipinski definition) is 3. The first kappa shape index (κ1) is 20.7. The maximum atomic E-state index is 12.4. The third-order valence-electron chi connectivity index (χ3n) is 4.88. The molecule has 0 aliphatic heterocycles. The third kappa shape index (κ3) is 3.89. The molecular weight excluding hydrogens is 406 g/mol. The van der Waals surface area contributed by atoms with Gasteiger partial charge < -0.3 is 21.5 Å². The molecule has 8 heteroatoms. The zero-order chi connectivity index (χ0) is 22.7. The summed E-state index contributed by atoms with van der Waals surface area (Å²) in [6.07, 6.45) is 0.687. The Morgan fingerprint density at radius 2 is 1.72 bits per heavy atom. The van der Waals surface area contributed by atoms with E-state index in [0.717, 1.165) is 0 Å². The third-order valence-corrected chi connectivity index (χ3v) is 4.88. The van der Waals surface area contributed by atoms with Crippen LogP contribution in [-0.4, -0.2) is 29.0 Å². The molecule has 0 fully saturated rings. The first-order chi connectivity index (χ1) is 15.5. The van der Waals surface area contributed by atoms with Crippen molar-refractivity contribution in [2.75, 3.05) is 18.1 Å². The number of aromatic nitrogens is 2. The molecule has 0 bridgehead atoms. The van der Waals surface area contributed by atoms with Crippen molar-refractivity contribution in [2.45, 2.75) is 0 Å². The molecule has 3 aromatic carbocycles. The molecule has 8 nitrogen and oxygen atoms in total. The van der Waals surface area contributed by atoms with Crippen LogP contribution in [0.15, 0.2) is 72.8 Å². The molecule has 1 amide bonds. The maximum absolute atomic E-state index is 12.4. The average Bonchev–Trinajstić information content (AvgIpc) is 3.20. The fourth-order valence-corrected chi connectivity index (χ4v) is 3.42. The number of rotatable bonds is 7. The smallest absolute Gasteiger partial charge is 0.254 e. The van der Waals surface area contributed by atoms with Crippen molar-refractivity contribution in [3.63, 3.8) is 0 Å². The fourth-order valence-electron chi connectivity index (χ4n) is 3.42. The van der Waals surface area contributed by atoms with Gasteiger partial charge in [0.25, 0.3) is 5.91 Å². The number of ether oxygens (including phenoxy) is 1. The van der Waals surface area contributed by atoms with Crippen LogP contribution in [0.4, 0.5) is 11.5 Å². The van der Waals surface area contributed by atoms with Crippen molar-refractivity contribution in [3.8, 4) is 28.4 Å². The van der Waals surface area contributed by atoms with Gasteiger partial charge in [0.05, 0.1) is 5.69 Å².